The van der Waals surface area contributed by atoms with Crippen LogP contribution in [-0.2, 0) is 24.2 Å². The van der Waals surface area contributed by atoms with E-state index >= 15 is 0 Å². The Morgan fingerprint density at radius 1 is 0.771 bits per heavy atom. The number of H-pyrrole nitrogens is 1. The fourth-order valence-corrected chi connectivity index (χ4v) is 5.13. The zero-order valence-corrected chi connectivity index (χ0v) is 31.6. The van der Waals surface area contributed by atoms with Gasteiger partial charge in [-0.2, -0.15) is 36.5 Å². The Bertz CT molecular complexity index is 2140. The summed E-state index contributed by atoms with van der Waals surface area (Å²) >= 11 is 9.47. The molecule has 10 nitrogen and oxygen atoms in total. The smallest absolute Gasteiger partial charge is 1.00 e. The quantitative estimate of drug-likeness (QED) is 0.146. The van der Waals surface area contributed by atoms with Gasteiger partial charge in [-0.25, -0.2) is 9.78 Å². The molecule has 0 aliphatic rings. The van der Waals surface area contributed by atoms with Gasteiger partial charge in [-0.05, 0) is 81.1 Å². The minimum atomic E-state index is -4.39. The Labute approximate surface area is 314 Å². The van der Waals surface area contributed by atoms with Crippen LogP contribution in [0.5, 0.6) is 0 Å². The summed E-state index contributed by atoms with van der Waals surface area (Å²) in [5, 5.41) is 18.7. The van der Waals surface area contributed by atoms with Crippen molar-refractivity contribution in [3.63, 3.8) is 0 Å². The van der Waals surface area contributed by atoms with Crippen molar-refractivity contribution in [2.75, 3.05) is 0 Å². The molecule has 0 bridgehead atoms. The third-order valence-electron chi connectivity index (χ3n) is 6.29. The van der Waals surface area contributed by atoms with Gasteiger partial charge in [0, 0.05) is 5.33 Å². The monoisotopic (exact) mass is 878 g/mol. The Morgan fingerprint density at radius 2 is 1.23 bits per heavy atom. The molecule has 0 aliphatic carbocycles. The molecule has 6 aromatic rings. The van der Waals surface area contributed by atoms with Gasteiger partial charge in [0.1, 0.15) is 10.8 Å². The van der Waals surface area contributed by atoms with Crippen LogP contribution in [0.15, 0.2) is 76.4 Å². The topological polar surface area (TPSA) is 133 Å². The second kappa shape index (κ2) is 16.2. The van der Waals surface area contributed by atoms with Gasteiger partial charge in [-0.15, -0.1) is 0 Å². The van der Waals surface area contributed by atoms with Crippen molar-refractivity contribution in [2.45, 2.75) is 38.1 Å². The first-order chi connectivity index (χ1) is 22.0. The molecule has 48 heavy (non-hydrogen) atoms. The summed E-state index contributed by atoms with van der Waals surface area (Å²) in [5.41, 5.74) is 0.932. The fraction of sp³-hybridized carbons (Fsp3) is 0.214. The van der Waals surface area contributed by atoms with Gasteiger partial charge in [0.2, 0.25) is 11.2 Å². The van der Waals surface area contributed by atoms with Crippen molar-refractivity contribution in [2.24, 2.45) is 0 Å². The molecule has 20 heteroatoms. The standard InChI is InChI=1S/C14H9BrF3N3O2.C8H6BrF3.C6H4BrN3O2.Na.H/c1-7-10-11(23-20-7)12(15)19-21(13(10)22)6-8-2-4-9(5-3-8)14(16,17)18;9-5-6-1-3-7(4-2-6)8(10,11)12;1-2-3-4(12-10-2)5(7)8-9-6(3)11;;/h2-5H,6H2,1H3;1-4H,5H2;1H3,(H,9,11);;/q;;;+1;-1. The molecule has 2 aromatic carbocycles. The predicted molar refractivity (Wildman–Crippen MR) is 169 cm³/mol. The van der Waals surface area contributed by atoms with E-state index in [1.54, 1.807) is 13.8 Å². The second-order valence-corrected chi connectivity index (χ2v) is 11.6. The molecule has 0 radical (unpaired) electrons. The second-order valence-electron chi connectivity index (χ2n) is 9.56. The minimum Gasteiger partial charge on any atom is -1.00 e. The number of alkyl halides is 7. The maximum absolute atomic E-state index is 12.6. The molecule has 0 unspecified atom stereocenters. The molecule has 4 heterocycles. The van der Waals surface area contributed by atoms with E-state index in [0.717, 1.165) is 34.5 Å². The van der Waals surface area contributed by atoms with Gasteiger partial charge < -0.3 is 10.5 Å². The van der Waals surface area contributed by atoms with Crippen LogP contribution in [0.4, 0.5) is 26.3 Å². The van der Waals surface area contributed by atoms with Crippen molar-refractivity contribution in [1.82, 2.24) is 30.3 Å². The Morgan fingerprint density at radius 3 is 1.69 bits per heavy atom. The molecule has 0 atom stereocenters. The maximum atomic E-state index is 12.6. The normalized spacial score (nSPS) is 11.4. The number of halogens is 9. The number of aromatic amines is 1. The largest absolute Gasteiger partial charge is 1.00 e. The maximum Gasteiger partial charge on any atom is 1.00 e. The van der Waals surface area contributed by atoms with Crippen LogP contribution in [0, 0.1) is 13.8 Å². The van der Waals surface area contributed by atoms with E-state index in [1.165, 1.54) is 24.3 Å². The van der Waals surface area contributed by atoms with Gasteiger partial charge in [0.05, 0.1) is 29.1 Å². The molecule has 4 aromatic heterocycles. The number of hydrogen-bond donors (Lipinski definition) is 1. The molecular formula is C28H20Br3F6N6NaO4. The fourth-order valence-electron chi connectivity index (χ4n) is 3.93. The molecule has 0 aliphatic heterocycles. The van der Waals surface area contributed by atoms with Gasteiger partial charge in [-0.1, -0.05) is 50.5 Å². The van der Waals surface area contributed by atoms with E-state index in [2.05, 4.69) is 73.4 Å². The number of hydrogen-bond acceptors (Lipinski definition) is 8. The number of rotatable bonds is 3. The average molecular weight is 881 g/mol. The molecule has 0 saturated heterocycles. The van der Waals surface area contributed by atoms with E-state index in [1.807, 2.05) is 0 Å². The summed E-state index contributed by atoms with van der Waals surface area (Å²) in [4.78, 5) is 23.6. The molecule has 0 fully saturated rings. The van der Waals surface area contributed by atoms with Crippen molar-refractivity contribution < 1.29 is 66.4 Å². The SMILES string of the molecule is Cc1noc2c(Br)n[nH]c(=O)c12.Cc1noc2c(Br)nn(Cc3ccc(C(F)(F)F)cc3)c(=O)c12.FC(F)(F)c1ccc(CBr)cc1.[H-].[Na+]. The molecule has 6 rings (SSSR count). The van der Waals surface area contributed by atoms with Crippen molar-refractivity contribution >= 4 is 69.7 Å². The van der Waals surface area contributed by atoms with Crippen LogP contribution in [0.1, 0.15) is 35.1 Å². The Hall–Kier alpha value is -2.84. The van der Waals surface area contributed by atoms with E-state index in [-0.39, 0.29) is 48.7 Å². The van der Waals surface area contributed by atoms with Crippen molar-refractivity contribution in [1.29, 1.82) is 0 Å². The predicted octanol–water partition coefficient (Wildman–Crippen LogP) is 5.22. The molecule has 0 saturated carbocycles. The van der Waals surface area contributed by atoms with Crippen LogP contribution in [0.2, 0.25) is 0 Å². The van der Waals surface area contributed by atoms with E-state index < -0.39 is 29.0 Å². The van der Waals surface area contributed by atoms with E-state index in [4.69, 9.17) is 9.05 Å². The molecular weight excluding hydrogens is 861 g/mol. The van der Waals surface area contributed by atoms with Crippen LogP contribution < -0.4 is 40.7 Å². The van der Waals surface area contributed by atoms with Crippen molar-refractivity contribution in [3.05, 3.63) is 112 Å². The van der Waals surface area contributed by atoms with Crippen molar-refractivity contribution in [3.8, 4) is 0 Å². The number of nitrogens with zero attached hydrogens (tertiary/aromatic N) is 5. The number of fused-ring (bicyclic) bond motifs is 2. The molecule has 0 spiro atoms. The third kappa shape index (κ3) is 9.44. The number of aromatic nitrogens is 6. The molecule has 1 N–H and O–H groups in total. The van der Waals surface area contributed by atoms with Gasteiger partial charge in [0.15, 0.2) is 9.21 Å². The number of aryl methyl sites for hydroxylation is 2. The summed E-state index contributed by atoms with van der Waals surface area (Å²) in [5.74, 6) is 0. The molecule has 0 amide bonds. The van der Waals surface area contributed by atoms with Crippen LogP contribution in [0.3, 0.4) is 0 Å². The average Bonchev–Trinajstić information content (AvgIpc) is 3.61. The Kier molecular flexibility index (Phi) is 13.4. The molecule has 250 valence electrons. The van der Waals surface area contributed by atoms with E-state index in [0.29, 0.717) is 47.8 Å². The third-order valence-corrected chi connectivity index (χ3v) is 7.99. The van der Waals surface area contributed by atoms with E-state index in [9.17, 15) is 35.9 Å². The van der Waals surface area contributed by atoms with Gasteiger partial charge in [-0.3, -0.25) is 9.59 Å². The minimum absolute atomic E-state index is 0. The zero-order chi connectivity index (χ0) is 34.7. The van der Waals surface area contributed by atoms with Gasteiger partial charge in [0.25, 0.3) is 11.1 Å². The Balaban J connectivity index is 0.000000273. The number of benzene rings is 2. The summed E-state index contributed by atoms with van der Waals surface area (Å²) in [7, 11) is 0. The van der Waals surface area contributed by atoms with Gasteiger partial charge >= 0.3 is 41.9 Å². The first-order valence-corrected chi connectivity index (χ1v) is 15.6. The van der Waals surface area contributed by atoms with Crippen LogP contribution in [0.25, 0.3) is 21.9 Å². The summed E-state index contributed by atoms with van der Waals surface area (Å²) in [6, 6.07) is 9.64. The number of nitrogens with one attached hydrogen (secondary N) is 1. The van der Waals surface area contributed by atoms with Crippen LogP contribution >= 0.6 is 47.8 Å². The summed E-state index contributed by atoms with van der Waals surface area (Å²) in [6.07, 6.45) is -8.63. The first kappa shape index (κ1) is 39.6. The summed E-state index contributed by atoms with van der Waals surface area (Å²) in [6.45, 7) is 3.37. The zero-order valence-electron chi connectivity index (χ0n) is 25.8. The van der Waals surface area contributed by atoms with Crippen LogP contribution in [-0.4, -0.2) is 30.3 Å². The summed E-state index contributed by atoms with van der Waals surface area (Å²) < 4.78 is 85.5. The first-order valence-electron chi connectivity index (χ1n) is 12.9.